The van der Waals surface area contributed by atoms with Crippen LogP contribution in [0, 0.1) is 0 Å². The lowest BCUT2D eigenvalue weighted by molar-refractivity contribution is 0.105. The zero-order valence-electron chi connectivity index (χ0n) is 11.2. The van der Waals surface area contributed by atoms with Crippen molar-refractivity contribution >= 4 is 22.6 Å². The van der Waals surface area contributed by atoms with Crippen molar-refractivity contribution < 1.29 is 9.15 Å². The number of hydrogen-bond acceptors (Lipinski definition) is 4. The molecule has 0 amide bonds. The SMILES string of the molecule is COC(C)CCC(NN)c1cc2cc(Cl)ccc2o1. The summed E-state index contributed by atoms with van der Waals surface area (Å²) in [6, 6.07) is 7.52. The maximum Gasteiger partial charge on any atom is 0.134 e. The number of hydrazine groups is 1. The van der Waals surface area contributed by atoms with Gasteiger partial charge in [0, 0.05) is 17.5 Å². The highest BCUT2D eigenvalue weighted by atomic mass is 35.5. The Hall–Kier alpha value is -1.07. The van der Waals surface area contributed by atoms with Crippen LogP contribution in [0.15, 0.2) is 28.7 Å². The summed E-state index contributed by atoms with van der Waals surface area (Å²) in [7, 11) is 1.71. The van der Waals surface area contributed by atoms with Crippen molar-refractivity contribution in [2.75, 3.05) is 7.11 Å². The first kappa shape index (κ1) is 14.3. The van der Waals surface area contributed by atoms with Gasteiger partial charge in [-0.2, -0.15) is 0 Å². The smallest absolute Gasteiger partial charge is 0.134 e. The van der Waals surface area contributed by atoms with Crippen LogP contribution in [0.5, 0.6) is 0 Å². The number of nitrogens with two attached hydrogens (primary N) is 1. The number of nitrogens with one attached hydrogen (secondary N) is 1. The molecule has 0 fully saturated rings. The topological polar surface area (TPSA) is 60.4 Å². The fourth-order valence-electron chi connectivity index (χ4n) is 2.03. The molecule has 2 unspecified atom stereocenters. The molecule has 0 aliphatic rings. The van der Waals surface area contributed by atoms with Crippen molar-refractivity contribution in [2.24, 2.45) is 5.84 Å². The van der Waals surface area contributed by atoms with E-state index in [-0.39, 0.29) is 12.1 Å². The minimum Gasteiger partial charge on any atom is -0.459 e. The molecule has 2 aromatic rings. The standard InChI is InChI=1S/C14H19ClN2O2/c1-9(18-2)3-5-12(17-16)14-8-10-7-11(15)4-6-13(10)19-14/h4,6-9,12,17H,3,5,16H2,1-2H3. The molecular formula is C14H19ClN2O2. The van der Waals surface area contributed by atoms with Gasteiger partial charge in [0.05, 0.1) is 12.1 Å². The highest BCUT2D eigenvalue weighted by Crippen LogP contribution is 2.28. The van der Waals surface area contributed by atoms with E-state index in [9.17, 15) is 0 Å². The van der Waals surface area contributed by atoms with Crippen LogP contribution >= 0.6 is 11.6 Å². The predicted octanol–water partition coefficient (Wildman–Crippen LogP) is 3.41. The van der Waals surface area contributed by atoms with Crippen molar-refractivity contribution in [3.05, 3.63) is 35.0 Å². The highest BCUT2D eigenvalue weighted by Gasteiger charge is 2.16. The highest BCUT2D eigenvalue weighted by molar-refractivity contribution is 6.31. The Bertz CT molecular complexity index is 541. The zero-order valence-corrected chi connectivity index (χ0v) is 11.9. The number of rotatable bonds is 6. The molecule has 0 spiro atoms. The van der Waals surface area contributed by atoms with Gasteiger partial charge in [0.1, 0.15) is 11.3 Å². The first-order valence-electron chi connectivity index (χ1n) is 6.32. The molecule has 19 heavy (non-hydrogen) atoms. The second kappa shape index (κ2) is 6.39. The first-order chi connectivity index (χ1) is 9.13. The Morgan fingerprint density at radius 3 is 2.84 bits per heavy atom. The molecule has 104 valence electrons. The number of methoxy groups -OCH3 is 1. The van der Waals surface area contributed by atoms with E-state index in [1.165, 1.54) is 0 Å². The van der Waals surface area contributed by atoms with E-state index >= 15 is 0 Å². The third kappa shape index (κ3) is 3.48. The van der Waals surface area contributed by atoms with E-state index in [1.807, 2.05) is 31.2 Å². The number of benzene rings is 1. The van der Waals surface area contributed by atoms with Crippen LogP contribution in [-0.4, -0.2) is 13.2 Å². The summed E-state index contributed by atoms with van der Waals surface area (Å²) < 4.78 is 11.0. The molecule has 0 saturated heterocycles. The summed E-state index contributed by atoms with van der Waals surface area (Å²) in [6.07, 6.45) is 1.96. The Balaban J connectivity index is 2.16. The lowest BCUT2D eigenvalue weighted by Crippen LogP contribution is -2.28. The lowest BCUT2D eigenvalue weighted by Gasteiger charge is -2.15. The van der Waals surface area contributed by atoms with Gasteiger partial charge in [-0.1, -0.05) is 11.6 Å². The van der Waals surface area contributed by atoms with Gasteiger partial charge in [-0.3, -0.25) is 5.84 Å². The lowest BCUT2D eigenvalue weighted by atomic mass is 10.1. The minimum atomic E-state index is -0.0243. The summed E-state index contributed by atoms with van der Waals surface area (Å²) in [4.78, 5) is 0. The number of furan rings is 1. The van der Waals surface area contributed by atoms with E-state index in [0.29, 0.717) is 5.02 Å². The van der Waals surface area contributed by atoms with Gasteiger partial charge in [-0.25, -0.2) is 5.43 Å². The van der Waals surface area contributed by atoms with Crippen LogP contribution in [0.1, 0.15) is 31.6 Å². The molecule has 0 radical (unpaired) electrons. The van der Waals surface area contributed by atoms with E-state index in [0.717, 1.165) is 29.6 Å². The van der Waals surface area contributed by atoms with Crippen LogP contribution in [0.2, 0.25) is 5.02 Å². The molecule has 0 aliphatic heterocycles. The quantitative estimate of drug-likeness (QED) is 0.630. The van der Waals surface area contributed by atoms with Gasteiger partial charge in [0.2, 0.25) is 0 Å². The van der Waals surface area contributed by atoms with Gasteiger partial charge in [0.25, 0.3) is 0 Å². The summed E-state index contributed by atoms with van der Waals surface area (Å²) in [5.41, 5.74) is 3.61. The zero-order chi connectivity index (χ0) is 13.8. The van der Waals surface area contributed by atoms with Gasteiger partial charge in [-0.05, 0) is 44.0 Å². The maximum atomic E-state index is 5.96. The van der Waals surface area contributed by atoms with E-state index in [1.54, 1.807) is 7.11 Å². The molecule has 1 aromatic heterocycles. The Morgan fingerprint density at radius 1 is 1.37 bits per heavy atom. The van der Waals surface area contributed by atoms with Crippen molar-refractivity contribution in [3.8, 4) is 0 Å². The fraction of sp³-hybridized carbons (Fsp3) is 0.429. The van der Waals surface area contributed by atoms with Crippen molar-refractivity contribution in [3.63, 3.8) is 0 Å². The van der Waals surface area contributed by atoms with Gasteiger partial charge >= 0.3 is 0 Å². The normalized spacial score (nSPS) is 14.7. The number of hydrogen-bond donors (Lipinski definition) is 2. The summed E-state index contributed by atoms with van der Waals surface area (Å²) >= 11 is 5.96. The van der Waals surface area contributed by atoms with Crippen LogP contribution in [0.25, 0.3) is 11.0 Å². The van der Waals surface area contributed by atoms with E-state index < -0.39 is 0 Å². The second-order valence-electron chi connectivity index (χ2n) is 4.67. The van der Waals surface area contributed by atoms with Crippen LogP contribution in [-0.2, 0) is 4.74 Å². The maximum absolute atomic E-state index is 5.96. The molecule has 4 nitrogen and oxygen atoms in total. The average Bonchev–Trinajstić information content (AvgIpc) is 2.81. The van der Waals surface area contributed by atoms with E-state index in [2.05, 4.69) is 5.43 Å². The molecule has 1 aromatic carbocycles. The Labute approximate surface area is 117 Å². The molecule has 1 heterocycles. The summed E-state index contributed by atoms with van der Waals surface area (Å²) in [5, 5.41) is 1.69. The van der Waals surface area contributed by atoms with Crippen molar-refractivity contribution in [1.82, 2.24) is 5.43 Å². The molecule has 0 saturated carbocycles. The molecule has 2 rings (SSSR count). The van der Waals surface area contributed by atoms with Crippen molar-refractivity contribution in [2.45, 2.75) is 31.9 Å². The average molecular weight is 283 g/mol. The molecular weight excluding hydrogens is 264 g/mol. The largest absolute Gasteiger partial charge is 0.459 e. The molecule has 2 atom stereocenters. The van der Waals surface area contributed by atoms with E-state index in [4.69, 9.17) is 26.6 Å². The van der Waals surface area contributed by atoms with Crippen LogP contribution in [0.3, 0.4) is 0 Å². The Kier molecular flexibility index (Phi) is 4.82. The Morgan fingerprint density at radius 2 is 2.16 bits per heavy atom. The molecule has 5 heteroatoms. The van der Waals surface area contributed by atoms with Gasteiger partial charge in [-0.15, -0.1) is 0 Å². The van der Waals surface area contributed by atoms with Gasteiger partial charge in [0.15, 0.2) is 0 Å². The van der Waals surface area contributed by atoms with Crippen molar-refractivity contribution in [1.29, 1.82) is 0 Å². The number of halogens is 1. The second-order valence-corrected chi connectivity index (χ2v) is 5.11. The van der Waals surface area contributed by atoms with Crippen LogP contribution in [0.4, 0.5) is 0 Å². The first-order valence-corrected chi connectivity index (χ1v) is 6.69. The minimum absolute atomic E-state index is 0.0243. The molecule has 0 aliphatic carbocycles. The monoisotopic (exact) mass is 282 g/mol. The summed E-state index contributed by atoms with van der Waals surface area (Å²) in [5.74, 6) is 6.43. The number of fused-ring (bicyclic) bond motifs is 1. The predicted molar refractivity (Wildman–Crippen MR) is 77.0 cm³/mol. The number of ether oxygens (including phenoxy) is 1. The fourth-order valence-corrected chi connectivity index (χ4v) is 2.21. The molecule has 0 bridgehead atoms. The van der Waals surface area contributed by atoms with Gasteiger partial charge < -0.3 is 9.15 Å². The molecule has 3 N–H and O–H groups in total. The third-order valence-electron chi connectivity index (χ3n) is 3.31. The third-order valence-corrected chi connectivity index (χ3v) is 3.54. The van der Waals surface area contributed by atoms with Crippen LogP contribution < -0.4 is 11.3 Å². The summed E-state index contributed by atoms with van der Waals surface area (Å²) in [6.45, 7) is 2.03.